The molecule has 0 unspecified atom stereocenters. The summed E-state index contributed by atoms with van der Waals surface area (Å²) in [6, 6.07) is 11.6. The average molecular weight is 328 g/mol. The molecule has 2 rings (SSSR count). The van der Waals surface area contributed by atoms with Gasteiger partial charge in [0.15, 0.2) is 11.5 Å². The number of carbonyl (C=O) groups is 2. The Labute approximate surface area is 141 Å². The first-order valence-corrected chi connectivity index (χ1v) is 7.69. The Balaban J connectivity index is 2.16. The van der Waals surface area contributed by atoms with E-state index in [9.17, 15) is 9.59 Å². The van der Waals surface area contributed by atoms with Gasteiger partial charge in [-0.25, -0.2) is 9.59 Å². The first kappa shape index (κ1) is 17.5. The molecule has 0 aromatic heterocycles. The van der Waals surface area contributed by atoms with Crippen LogP contribution >= 0.6 is 0 Å². The largest absolute Gasteiger partial charge is 0.493 e. The van der Waals surface area contributed by atoms with Crippen molar-refractivity contribution in [1.29, 1.82) is 0 Å². The zero-order valence-corrected chi connectivity index (χ0v) is 14.0. The van der Waals surface area contributed by atoms with E-state index >= 15 is 0 Å². The maximum Gasteiger partial charge on any atom is 0.343 e. The fraction of sp³-hybridized carbons (Fsp3) is 0.263. The van der Waals surface area contributed by atoms with Crippen LogP contribution in [0.25, 0.3) is 0 Å². The predicted molar refractivity (Wildman–Crippen MR) is 89.7 cm³/mol. The minimum absolute atomic E-state index is 0.245. The molecule has 0 saturated heterocycles. The normalized spacial score (nSPS) is 10.1. The number of hydrogen-bond acceptors (Lipinski definition) is 5. The van der Waals surface area contributed by atoms with Crippen LogP contribution < -0.4 is 9.47 Å². The van der Waals surface area contributed by atoms with Crippen molar-refractivity contribution in [3.05, 3.63) is 59.2 Å². The molecule has 0 fully saturated rings. The van der Waals surface area contributed by atoms with Gasteiger partial charge in [-0.2, -0.15) is 0 Å². The molecule has 0 aliphatic rings. The molecular weight excluding hydrogens is 308 g/mol. The van der Waals surface area contributed by atoms with Gasteiger partial charge in [0.2, 0.25) is 0 Å². The van der Waals surface area contributed by atoms with E-state index in [4.69, 9.17) is 14.2 Å². The lowest BCUT2D eigenvalue weighted by molar-refractivity contribution is 0.0504. The van der Waals surface area contributed by atoms with E-state index in [-0.39, 0.29) is 5.75 Å². The summed E-state index contributed by atoms with van der Waals surface area (Å²) in [5.74, 6) is -0.391. The van der Waals surface area contributed by atoms with E-state index in [0.29, 0.717) is 23.5 Å². The number of hydrogen-bond donors (Lipinski definition) is 0. The summed E-state index contributed by atoms with van der Waals surface area (Å²) in [5.41, 5.74) is 1.84. The highest BCUT2D eigenvalue weighted by atomic mass is 16.6. The molecule has 2 aromatic carbocycles. The molecule has 0 aliphatic carbocycles. The summed E-state index contributed by atoms with van der Waals surface area (Å²) in [4.78, 5) is 24.1. The Hall–Kier alpha value is -2.82. The van der Waals surface area contributed by atoms with Crippen LogP contribution in [0.1, 0.15) is 39.6 Å². The second kappa shape index (κ2) is 8.15. The van der Waals surface area contributed by atoms with E-state index in [2.05, 4.69) is 0 Å². The summed E-state index contributed by atoms with van der Waals surface area (Å²) >= 11 is 0. The van der Waals surface area contributed by atoms with Gasteiger partial charge < -0.3 is 14.2 Å². The number of benzene rings is 2. The molecule has 126 valence electrons. The topological polar surface area (TPSA) is 61.8 Å². The monoisotopic (exact) mass is 328 g/mol. The second-order valence-corrected chi connectivity index (χ2v) is 5.26. The van der Waals surface area contributed by atoms with Gasteiger partial charge in [0.1, 0.15) is 0 Å². The van der Waals surface area contributed by atoms with Crippen molar-refractivity contribution in [3.8, 4) is 11.5 Å². The Morgan fingerprint density at radius 1 is 0.917 bits per heavy atom. The van der Waals surface area contributed by atoms with E-state index in [1.165, 1.54) is 25.3 Å². The molecule has 0 radical (unpaired) electrons. The molecule has 0 atom stereocenters. The van der Waals surface area contributed by atoms with E-state index in [0.717, 1.165) is 12.0 Å². The third-order valence-electron chi connectivity index (χ3n) is 3.33. The van der Waals surface area contributed by atoms with Crippen molar-refractivity contribution in [1.82, 2.24) is 0 Å². The van der Waals surface area contributed by atoms with Crippen LogP contribution in [-0.2, 0) is 4.74 Å². The van der Waals surface area contributed by atoms with Crippen LogP contribution in [0.3, 0.4) is 0 Å². The van der Waals surface area contributed by atoms with Gasteiger partial charge in [-0.3, -0.25) is 0 Å². The average Bonchev–Trinajstić information content (AvgIpc) is 2.60. The lowest BCUT2D eigenvalue weighted by Crippen LogP contribution is -2.10. The molecule has 0 saturated carbocycles. The lowest BCUT2D eigenvalue weighted by atomic mass is 10.1. The molecule has 0 N–H and O–H groups in total. The van der Waals surface area contributed by atoms with Crippen molar-refractivity contribution in [2.45, 2.75) is 20.3 Å². The van der Waals surface area contributed by atoms with Crippen molar-refractivity contribution in [2.75, 3.05) is 13.7 Å². The van der Waals surface area contributed by atoms with Gasteiger partial charge >= 0.3 is 11.9 Å². The van der Waals surface area contributed by atoms with E-state index < -0.39 is 11.9 Å². The molecule has 0 amide bonds. The van der Waals surface area contributed by atoms with Crippen LogP contribution in [0.2, 0.25) is 0 Å². The Bertz CT molecular complexity index is 719. The van der Waals surface area contributed by atoms with Gasteiger partial charge in [-0.05, 0) is 43.7 Å². The van der Waals surface area contributed by atoms with Gasteiger partial charge in [0, 0.05) is 0 Å². The van der Waals surface area contributed by atoms with Crippen LogP contribution in [0.5, 0.6) is 11.5 Å². The number of aryl methyl sites for hydroxylation is 1. The predicted octanol–water partition coefficient (Wildman–Crippen LogP) is 3.79. The summed E-state index contributed by atoms with van der Waals surface area (Å²) < 4.78 is 15.6. The van der Waals surface area contributed by atoms with E-state index in [1.807, 2.05) is 26.0 Å². The standard InChI is InChI=1S/C19H20O5/c1-4-11-23-18(20)15-9-10-16(17(12-15)22-3)24-19(21)14-7-5-13(2)6-8-14/h5-10,12H,4,11H2,1-3H3. The third kappa shape index (κ3) is 4.35. The maximum atomic E-state index is 12.2. The van der Waals surface area contributed by atoms with Crippen molar-refractivity contribution in [3.63, 3.8) is 0 Å². The fourth-order valence-electron chi connectivity index (χ4n) is 2.01. The Morgan fingerprint density at radius 3 is 2.21 bits per heavy atom. The quantitative estimate of drug-likeness (QED) is 0.596. The summed E-state index contributed by atoms with van der Waals surface area (Å²) in [7, 11) is 1.44. The minimum Gasteiger partial charge on any atom is -0.493 e. The highest BCUT2D eigenvalue weighted by molar-refractivity contribution is 5.92. The highest BCUT2D eigenvalue weighted by Crippen LogP contribution is 2.29. The Kier molecular flexibility index (Phi) is 5.95. The smallest absolute Gasteiger partial charge is 0.343 e. The van der Waals surface area contributed by atoms with Gasteiger partial charge in [-0.15, -0.1) is 0 Å². The minimum atomic E-state index is -0.491. The third-order valence-corrected chi connectivity index (χ3v) is 3.33. The molecule has 5 nitrogen and oxygen atoms in total. The number of rotatable bonds is 6. The lowest BCUT2D eigenvalue weighted by Gasteiger charge is -2.11. The molecule has 2 aromatic rings. The van der Waals surface area contributed by atoms with Gasteiger partial charge in [0.05, 0.1) is 24.8 Å². The number of ether oxygens (including phenoxy) is 3. The zero-order chi connectivity index (χ0) is 17.5. The number of methoxy groups -OCH3 is 1. The highest BCUT2D eigenvalue weighted by Gasteiger charge is 2.15. The van der Waals surface area contributed by atoms with Gasteiger partial charge in [0.25, 0.3) is 0 Å². The molecule has 0 heterocycles. The molecule has 0 spiro atoms. The van der Waals surface area contributed by atoms with Crippen molar-refractivity contribution in [2.24, 2.45) is 0 Å². The van der Waals surface area contributed by atoms with Crippen LogP contribution in [0, 0.1) is 6.92 Å². The summed E-state index contributed by atoms with van der Waals surface area (Å²) in [6.07, 6.45) is 0.745. The molecule has 0 bridgehead atoms. The first-order valence-electron chi connectivity index (χ1n) is 7.69. The van der Waals surface area contributed by atoms with Crippen LogP contribution in [-0.4, -0.2) is 25.7 Å². The Morgan fingerprint density at radius 2 is 1.58 bits per heavy atom. The first-order chi connectivity index (χ1) is 11.5. The second-order valence-electron chi connectivity index (χ2n) is 5.26. The molecule has 5 heteroatoms. The van der Waals surface area contributed by atoms with Crippen LogP contribution in [0.15, 0.2) is 42.5 Å². The fourth-order valence-corrected chi connectivity index (χ4v) is 2.01. The molecule has 0 aliphatic heterocycles. The summed E-state index contributed by atoms with van der Waals surface area (Å²) in [6.45, 7) is 4.21. The van der Waals surface area contributed by atoms with Crippen LogP contribution in [0.4, 0.5) is 0 Å². The number of carbonyl (C=O) groups excluding carboxylic acids is 2. The van der Waals surface area contributed by atoms with Crippen molar-refractivity contribution >= 4 is 11.9 Å². The molecular formula is C19H20O5. The summed E-state index contributed by atoms with van der Waals surface area (Å²) in [5, 5.41) is 0. The molecule has 24 heavy (non-hydrogen) atoms. The van der Waals surface area contributed by atoms with Crippen molar-refractivity contribution < 1.29 is 23.8 Å². The zero-order valence-electron chi connectivity index (χ0n) is 14.0. The SMILES string of the molecule is CCCOC(=O)c1ccc(OC(=O)c2ccc(C)cc2)c(OC)c1. The van der Waals surface area contributed by atoms with E-state index in [1.54, 1.807) is 12.1 Å². The van der Waals surface area contributed by atoms with Gasteiger partial charge in [-0.1, -0.05) is 24.6 Å². The maximum absolute atomic E-state index is 12.2. The number of esters is 2.